The fourth-order valence-corrected chi connectivity index (χ4v) is 2.95. The molecule has 1 aliphatic rings. The number of hydrogen-bond donors (Lipinski definition) is 1. The van der Waals surface area contributed by atoms with Crippen LogP contribution in [0.2, 0.25) is 0 Å². The van der Waals surface area contributed by atoms with E-state index >= 15 is 0 Å². The van der Waals surface area contributed by atoms with Gasteiger partial charge in [-0.25, -0.2) is 14.8 Å². The number of aromatic carboxylic acids is 1. The van der Waals surface area contributed by atoms with E-state index in [-0.39, 0.29) is 5.69 Å². The molecule has 1 aromatic rings. The van der Waals surface area contributed by atoms with Crippen LogP contribution in [0.4, 0.5) is 5.82 Å². The summed E-state index contributed by atoms with van der Waals surface area (Å²) in [5.41, 5.74) is -0.00724. The average molecular weight is 253 g/mol. The maximum atomic E-state index is 10.7. The van der Waals surface area contributed by atoms with Crippen LogP contribution < -0.4 is 4.90 Å². The van der Waals surface area contributed by atoms with E-state index in [9.17, 15) is 4.79 Å². The van der Waals surface area contributed by atoms with Crippen molar-refractivity contribution in [1.82, 2.24) is 9.97 Å². The van der Waals surface area contributed by atoms with E-state index in [1.165, 1.54) is 6.20 Å². The van der Waals surface area contributed by atoms with E-state index < -0.39 is 5.97 Å². The van der Waals surface area contributed by atoms with Gasteiger partial charge in [0, 0.05) is 24.1 Å². The van der Waals surface area contributed by atoms with Crippen LogP contribution in [-0.4, -0.2) is 45.1 Å². The molecule has 1 atom stereocenters. The molecule has 1 saturated heterocycles. The Morgan fingerprint density at radius 3 is 3.00 bits per heavy atom. The van der Waals surface area contributed by atoms with Gasteiger partial charge in [0.05, 0.1) is 12.4 Å². The molecule has 0 bridgehead atoms. The normalized spacial score (nSPS) is 20.3. The fraction of sp³-hybridized carbons (Fsp3) is 0.545. The highest BCUT2D eigenvalue weighted by molar-refractivity contribution is 8.00. The highest BCUT2D eigenvalue weighted by Crippen LogP contribution is 2.24. The second-order valence-electron chi connectivity index (χ2n) is 3.91. The van der Waals surface area contributed by atoms with Crippen LogP contribution in [0, 0.1) is 0 Å². The summed E-state index contributed by atoms with van der Waals surface area (Å²) in [6.07, 6.45) is 4.01. The molecule has 0 saturated carbocycles. The van der Waals surface area contributed by atoms with Crippen molar-refractivity contribution in [2.24, 2.45) is 0 Å². The smallest absolute Gasteiger partial charge is 0.356 e. The first kappa shape index (κ1) is 12.2. The number of rotatable bonds is 3. The Kier molecular flexibility index (Phi) is 3.83. The maximum absolute atomic E-state index is 10.7. The lowest BCUT2D eigenvalue weighted by Gasteiger charge is -2.32. The lowest BCUT2D eigenvalue weighted by atomic mass is 10.3. The summed E-state index contributed by atoms with van der Waals surface area (Å²) in [6, 6.07) is 0. The van der Waals surface area contributed by atoms with Gasteiger partial charge in [0.25, 0.3) is 0 Å². The Labute approximate surface area is 104 Å². The van der Waals surface area contributed by atoms with Gasteiger partial charge in [-0.1, -0.05) is 6.92 Å². The number of thioether (sulfide) groups is 1. The first-order chi connectivity index (χ1) is 8.20. The monoisotopic (exact) mass is 253 g/mol. The summed E-state index contributed by atoms with van der Waals surface area (Å²) in [7, 11) is 0. The molecule has 0 radical (unpaired) electrons. The predicted molar refractivity (Wildman–Crippen MR) is 67.7 cm³/mol. The molecule has 5 nitrogen and oxygen atoms in total. The molecule has 0 amide bonds. The second kappa shape index (κ2) is 5.35. The Bertz CT molecular complexity index is 396. The molecule has 0 aliphatic carbocycles. The van der Waals surface area contributed by atoms with Crippen molar-refractivity contribution in [3.63, 3.8) is 0 Å². The second-order valence-corrected chi connectivity index (χ2v) is 5.32. The van der Waals surface area contributed by atoms with Gasteiger partial charge in [-0.15, -0.1) is 0 Å². The van der Waals surface area contributed by atoms with Crippen LogP contribution in [0.3, 0.4) is 0 Å². The Morgan fingerprint density at radius 2 is 2.41 bits per heavy atom. The number of hydrogen-bond acceptors (Lipinski definition) is 5. The molecule has 2 heterocycles. The summed E-state index contributed by atoms with van der Waals surface area (Å²) in [6.45, 7) is 4.09. The molecule has 17 heavy (non-hydrogen) atoms. The predicted octanol–water partition coefficient (Wildman–Crippen LogP) is 1.51. The van der Waals surface area contributed by atoms with E-state index in [0.29, 0.717) is 5.25 Å². The third-order valence-electron chi connectivity index (χ3n) is 2.78. The molecular formula is C11H15N3O2S. The van der Waals surface area contributed by atoms with Crippen LogP contribution in [-0.2, 0) is 0 Å². The van der Waals surface area contributed by atoms with Gasteiger partial charge in [-0.2, -0.15) is 11.8 Å². The summed E-state index contributed by atoms with van der Waals surface area (Å²) in [5, 5.41) is 9.38. The molecular weight excluding hydrogens is 238 g/mol. The van der Waals surface area contributed by atoms with Crippen LogP contribution >= 0.6 is 11.8 Å². The zero-order chi connectivity index (χ0) is 12.3. The number of carbonyl (C=O) groups is 1. The quantitative estimate of drug-likeness (QED) is 0.880. The first-order valence-electron chi connectivity index (χ1n) is 5.62. The number of nitrogens with zero attached hydrogens (tertiary/aromatic N) is 3. The minimum atomic E-state index is -1.04. The molecule has 1 aliphatic heterocycles. The number of aromatic nitrogens is 2. The van der Waals surface area contributed by atoms with Crippen LogP contribution in [0.5, 0.6) is 0 Å². The summed E-state index contributed by atoms with van der Waals surface area (Å²) < 4.78 is 0. The lowest BCUT2D eigenvalue weighted by molar-refractivity contribution is 0.0690. The molecule has 1 aromatic heterocycles. The van der Waals surface area contributed by atoms with Gasteiger partial charge < -0.3 is 10.0 Å². The molecule has 1 unspecified atom stereocenters. The first-order valence-corrected chi connectivity index (χ1v) is 6.67. The van der Waals surface area contributed by atoms with Crippen molar-refractivity contribution in [2.45, 2.75) is 18.6 Å². The van der Waals surface area contributed by atoms with Crippen molar-refractivity contribution in [2.75, 3.05) is 23.7 Å². The third kappa shape index (κ3) is 2.88. The summed E-state index contributed by atoms with van der Waals surface area (Å²) in [5.74, 6) is 0.819. The molecule has 0 aromatic carbocycles. The maximum Gasteiger partial charge on any atom is 0.356 e. The molecule has 6 heteroatoms. The third-order valence-corrected chi connectivity index (χ3v) is 4.15. The van der Waals surface area contributed by atoms with Gasteiger partial charge in [-0.05, 0) is 6.42 Å². The average Bonchev–Trinajstić information content (AvgIpc) is 2.39. The van der Waals surface area contributed by atoms with Gasteiger partial charge in [0.2, 0.25) is 0 Å². The number of carboxylic acids is 1. The zero-order valence-electron chi connectivity index (χ0n) is 9.67. The van der Waals surface area contributed by atoms with E-state index in [4.69, 9.17) is 5.11 Å². The molecule has 1 fully saturated rings. The van der Waals surface area contributed by atoms with Gasteiger partial charge in [-0.3, -0.25) is 0 Å². The number of carboxylic acid groups (broad SMARTS) is 1. The van der Waals surface area contributed by atoms with Gasteiger partial charge in [0.1, 0.15) is 5.82 Å². The molecule has 2 rings (SSSR count). The van der Waals surface area contributed by atoms with Gasteiger partial charge >= 0.3 is 5.97 Å². The van der Waals surface area contributed by atoms with E-state index in [2.05, 4.69) is 21.8 Å². The largest absolute Gasteiger partial charge is 0.476 e. The van der Waals surface area contributed by atoms with E-state index in [1.54, 1.807) is 6.20 Å². The zero-order valence-corrected chi connectivity index (χ0v) is 10.5. The van der Waals surface area contributed by atoms with Crippen molar-refractivity contribution in [3.8, 4) is 0 Å². The topological polar surface area (TPSA) is 66.3 Å². The highest BCUT2D eigenvalue weighted by Gasteiger charge is 2.20. The molecule has 92 valence electrons. The highest BCUT2D eigenvalue weighted by atomic mass is 32.2. The van der Waals surface area contributed by atoms with Gasteiger partial charge in [0.15, 0.2) is 5.69 Å². The minimum absolute atomic E-state index is 0.00724. The Morgan fingerprint density at radius 1 is 1.59 bits per heavy atom. The Balaban J connectivity index is 2.08. The summed E-state index contributed by atoms with van der Waals surface area (Å²) >= 11 is 1.99. The van der Waals surface area contributed by atoms with Crippen LogP contribution in [0.15, 0.2) is 12.4 Å². The number of anilines is 1. The molecule has 0 spiro atoms. The lowest BCUT2D eigenvalue weighted by Crippen LogP contribution is -2.38. The van der Waals surface area contributed by atoms with E-state index in [0.717, 1.165) is 31.1 Å². The molecule has 1 N–H and O–H groups in total. The summed E-state index contributed by atoms with van der Waals surface area (Å²) in [4.78, 5) is 20.9. The SMILES string of the molecule is CCC1CN(c2cnc(C(=O)O)cn2)CCS1. The van der Waals surface area contributed by atoms with Crippen molar-refractivity contribution in [3.05, 3.63) is 18.1 Å². The van der Waals surface area contributed by atoms with Crippen molar-refractivity contribution < 1.29 is 9.90 Å². The fourth-order valence-electron chi connectivity index (χ4n) is 1.77. The Hall–Kier alpha value is -1.30. The van der Waals surface area contributed by atoms with Crippen molar-refractivity contribution >= 4 is 23.5 Å². The van der Waals surface area contributed by atoms with Crippen molar-refractivity contribution in [1.29, 1.82) is 0 Å². The van der Waals surface area contributed by atoms with Crippen LogP contribution in [0.1, 0.15) is 23.8 Å². The van der Waals surface area contributed by atoms with Crippen LogP contribution in [0.25, 0.3) is 0 Å². The van der Waals surface area contributed by atoms with E-state index in [1.807, 2.05) is 11.8 Å². The standard InChI is InChI=1S/C11H15N3O2S/c1-2-8-7-14(3-4-17-8)10-6-12-9(5-13-10)11(15)16/h5-6,8H,2-4,7H2,1H3,(H,15,16). The minimum Gasteiger partial charge on any atom is -0.476 e.